The first-order valence-corrected chi connectivity index (χ1v) is 5.86. The largest absolute Gasteiger partial charge is 0.419 e. The van der Waals surface area contributed by atoms with Crippen molar-refractivity contribution in [3.8, 4) is 0 Å². The van der Waals surface area contributed by atoms with E-state index < -0.39 is 34.6 Å². The Labute approximate surface area is 118 Å². The van der Waals surface area contributed by atoms with E-state index in [9.17, 15) is 22.4 Å². The molecular weight excluding hydrogens is 296 g/mol. The van der Waals surface area contributed by atoms with Gasteiger partial charge in [-0.1, -0.05) is 18.3 Å². The van der Waals surface area contributed by atoms with Crippen molar-refractivity contribution < 1.29 is 22.4 Å². The van der Waals surface area contributed by atoms with E-state index >= 15 is 0 Å². The monoisotopic (exact) mass is 308 g/mol. The summed E-state index contributed by atoms with van der Waals surface area (Å²) in [5.74, 6) is -2.65. The van der Waals surface area contributed by atoms with Crippen LogP contribution in [0.4, 0.5) is 17.6 Å². The first-order valence-electron chi connectivity index (χ1n) is 5.45. The number of hydrogen-bond acceptors (Lipinski definition) is 2. The highest BCUT2D eigenvalue weighted by molar-refractivity contribution is 7.80. The topological polar surface area (TPSA) is 55.1 Å². The number of carbonyl (C=O) groups is 1. The van der Waals surface area contributed by atoms with Crippen LogP contribution in [0.2, 0.25) is 0 Å². The molecule has 0 saturated heterocycles. The Morgan fingerprint density at radius 2 is 1.85 bits per heavy atom. The number of hydrogen-bond donors (Lipinski definition) is 2. The Balaban J connectivity index is 3.16. The van der Waals surface area contributed by atoms with Gasteiger partial charge in [-0.3, -0.25) is 4.79 Å². The van der Waals surface area contributed by atoms with Crippen molar-refractivity contribution in [1.82, 2.24) is 5.32 Å². The third kappa shape index (κ3) is 3.44. The van der Waals surface area contributed by atoms with E-state index in [2.05, 4.69) is 5.32 Å². The Morgan fingerprint density at radius 1 is 1.30 bits per heavy atom. The van der Waals surface area contributed by atoms with Gasteiger partial charge in [0.15, 0.2) is 0 Å². The number of thiocarbonyl (C=S) groups is 1. The second-order valence-electron chi connectivity index (χ2n) is 4.61. The molecule has 0 aliphatic heterocycles. The molecule has 1 rings (SSSR count). The van der Waals surface area contributed by atoms with E-state index in [-0.39, 0.29) is 4.99 Å². The van der Waals surface area contributed by atoms with Crippen molar-refractivity contribution in [2.75, 3.05) is 0 Å². The number of carbonyl (C=O) groups excluding carboxylic acids is 1. The molecule has 8 heteroatoms. The zero-order valence-corrected chi connectivity index (χ0v) is 11.5. The maximum atomic E-state index is 13.8. The summed E-state index contributed by atoms with van der Waals surface area (Å²) in [4.78, 5) is 11.8. The maximum absolute atomic E-state index is 13.8. The summed E-state index contributed by atoms with van der Waals surface area (Å²) in [6, 6.07) is 2.47. The lowest BCUT2D eigenvalue weighted by Crippen LogP contribution is -2.52. The van der Waals surface area contributed by atoms with E-state index in [1.54, 1.807) is 0 Å². The molecule has 0 aliphatic rings. The number of benzene rings is 1. The summed E-state index contributed by atoms with van der Waals surface area (Å²) < 4.78 is 51.4. The summed E-state index contributed by atoms with van der Waals surface area (Å²) in [5, 5.41) is 2.28. The second-order valence-corrected chi connectivity index (χ2v) is 5.05. The highest BCUT2D eigenvalue weighted by Gasteiger charge is 2.36. The zero-order chi connectivity index (χ0) is 15.7. The third-order valence-electron chi connectivity index (χ3n) is 2.59. The average molecular weight is 308 g/mol. The van der Waals surface area contributed by atoms with Crippen LogP contribution < -0.4 is 11.1 Å². The minimum Gasteiger partial charge on any atom is -0.391 e. The van der Waals surface area contributed by atoms with Gasteiger partial charge in [-0.25, -0.2) is 4.39 Å². The molecule has 0 heterocycles. The molecule has 3 nitrogen and oxygen atoms in total. The maximum Gasteiger partial charge on any atom is 0.419 e. The molecule has 0 bridgehead atoms. The summed E-state index contributed by atoms with van der Waals surface area (Å²) >= 11 is 4.71. The summed E-state index contributed by atoms with van der Waals surface area (Å²) in [7, 11) is 0. The molecular formula is C12H12F4N2OS. The fourth-order valence-electron chi connectivity index (χ4n) is 1.34. The highest BCUT2D eigenvalue weighted by atomic mass is 32.1. The summed E-state index contributed by atoms with van der Waals surface area (Å²) in [6.07, 6.45) is -4.88. The van der Waals surface area contributed by atoms with Crippen molar-refractivity contribution in [3.63, 3.8) is 0 Å². The third-order valence-corrected chi connectivity index (χ3v) is 3.10. The number of amides is 1. The van der Waals surface area contributed by atoms with Gasteiger partial charge in [0, 0.05) is 0 Å². The SMILES string of the molecule is CC(C)(NC(=O)c1cccc(C(F)(F)F)c1F)C(N)=S. The Hall–Kier alpha value is -1.70. The predicted octanol–water partition coefficient (Wildman–Crippen LogP) is 2.64. The number of nitrogens with one attached hydrogen (secondary N) is 1. The number of halogens is 4. The molecule has 0 aromatic heterocycles. The Bertz CT molecular complexity index is 555. The molecule has 1 aromatic carbocycles. The van der Waals surface area contributed by atoms with Crippen LogP contribution in [0.5, 0.6) is 0 Å². The first kappa shape index (κ1) is 16.4. The quantitative estimate of drug-likeness (QED) is 0.667. The molecule has 0 radical (unpaired) electrons. The highest BCUT2D eigenvalue weighted by Crippen LogP contribution is 2.32. The minimum absolute atomic E-state index is 0.0711. The molecule has 1 aromatic rings. The fourth-order valence-corrected chi connectivity index (χ4v) is 1.39. The van der Waals surface area contributed by atoms with Crippen LogP contribution in [-0.2, 0) is 6.18 Å². The molecule has 3 N–H and O–H groups in total. The van der Waals surface area contributed by atoms with Crippen molar-refractivity contribution in [2.45, 2.75) is 25.6 Å². The molecule has 1 amide bonds. The molecule has 0 aliphatic carbocycles. The van der Waals surface area contributed by atoms with Crippen LogP contribution in [0.15, 0.2) is 18.2 Å². The minimum atomic E-state index is -4.88. The predicted molar refractivity (Wildman–Crippen MR) is 69.7 cm³/mol. The second kappa shape index (κ2) is 5.35. The molecule has 0 unspecified atom stereocenters. The summed E-state index contributed by atoms with van der Waals surface area (Å²) in [5.41, 5.74) is 2.01. The fraction of sp³-hybridized carbons (Fsp3) is 0.333. The molecule has 20 heavy (non-hydrogen) atoms. The first-order chi connectivity index (χ1) is 8.97. The molecule has 0 saturated carbocycles. The van der Waals surface area contributed by atoms with Crippen LogP contribution in [0.1, 0.15) is 29.8 Å². The lowest BCUT2D eigenvalue weighted by molar-refractivity contribution is -0.140. The molecule has 110 valence electrons. The molecule has 0 fully saturated rings. The van der Waals surface area contributed by atoms with Crippen molar-refractivity contribution in [2.24, 2.45) is 5.73 Å². The van der Waals surface area contributed by atoms with Gasteiger partial charge < -0.3 is 11.1 Å². The van der Waals surface area contributed by atoms with Crippen LogP contribution in [0.3, 0.4) is 0 Å². The number of rotatable bonds is 3. The standard InChI is InChI=1S/C12H12F4N2OS/c1-11(2,10(17)20)18-9(19)6-4-3-5-7(8(6)13)12(14,15)16/h3-5H,1-2H3,(H2,17,20)(H,18,19). The Kier molecular flexibility index (Phi) is 4.38. The van der Waals surface area contributed by atoms with Crippen molar-refractivity contribution in [1.29, 1.82) is 0 Å². The van der Waals surface area contributed by atoms with Gasteiger partial charge in [0.2, 0.25) is 0 Å². The Morgan fingerprint density at radius 3 is 2.30 bits per heavy atom. The average Bonchev–Trinajstić information content (AvgIpc) is 2.26. The van der Waals surface area contributed by atoms with Gasteiger partial charge in [0.05, 0.1) is 21.7 Å². The number of nitrogens with two attached hydrogens (primary N) is 1. The van der Waals surface area contributed by atoms with E-state index in [0.29, 0.717) is 6.07 Å². The van der Waals surface area contributed by atoms with Gasteiger partial charge in [-0.2, -0.15) is 13.2 Å². The van der Waals surface area contributed by atoms with Crippen LogP contribution >= 0.6 is 12.2 Å². The van der Waals surface area contributed by atoms with Gasteiger partial charge in [0.25, 0.3) is 5.91 Å². The van der Waals surface area contributed by atoms with E-state index in [0.717, 1.165) is 12.1 Å². The van der Waals surface area contributed by atoms with E-state index in [1.165, 1.54) is 13.8 Å². The lowest BCUT2D eigenvalue weighted by Gasteiger charge is -2.25. The van der Waals surface area contributed by atoms with Crippen LogP contribution in [0, 0.1) is 5.82 Å². The van der Waals surface area contributed by atoms with Crippen LogP contribution in [-0.4, -0.2) is 16.4 Å². The molecule has 0 atom stereocenters. The van der Waals surface area contributed by atoms with Crippen molar-refractivity contribution >= 4 is 23.1 Å². The van der Waals surface area contributed by atoms with E-state index in [1.807, 2.05) is 0 Å². The van der Waals surface area contributed by atoms with Gasteiger partial charge >= 0.3 is 6.18 Å². The van der Waals surface area contributed by atoms with Gasteiger partial charge in [-0.05, 0) is 26.0 Å². The number of alkyl halides is 3. The molecule has 0 spiro atoms. The smallest absolute Gasteiger partial charge is 0.391 e. The van der Waals surface area contributed by atoms with Gasteiger partial charge in [0.1, 0.15) is 5.82 Å². The lowest BCUT2D eigenvalue weighted by atomic mass is 10.0. The van der Waals surface area contributed by atoms with Crippen molar-refractivity contribution in [3.05, 3.63) is 35.1 Å². The summed E-state index contributed by atoms with van der Waals surface area (Å²) in [6.45, 7) is 2.91. The van der Waals surface area contributed by atoms with Crippen LogP contribution in [0.25, 0.3) is 0 Å². The van der Waals surface area contributed by atoms with E-state index in [4.69, 9.17) is 18.0 Å². The van der Waals surface area contributed by atoms with Gasteiger partial charge in [-0.15, -0.1) is 0 Å². The zero-order valence-electron chi connectivity index (χ0n) is 10.6. The normalized spacial score (nSPS) is 12.1.